The van der Waals surface area contributed by atoms with Gasteiger partial charge in [-0.1, -0.05) is 35.9 Å². The minimum atomic E-state index is -0.473. The number of aryl methyl sites for hydroxylation is 1. The van der Waals surface area contributed by atoms with Crippen molar-refractivity contribution < 1.29 is 4.79 Å². The van der Waals surface area contributed by atoms with Crippen molar-refractivity contribution in [3.63, 3.8) is 0 Å². The highest BCUT2D eigenvalue weighted by molar-refractivity contribution is 5.95. The normalized spacial score (nSPS) is 16.2. The van der Waals surface area contributed by atoms with Crippen molar-refractivity contribution in [1.29, 1.82) is 0 Å². The first-order valence-corrected chi connectivity index (χ1v) is 9.75. The van der Waals surface area contributed by atoms with Crippen molar-refractivity contribution in [3.8, 4) is 0 Å². The zero-order valence-electron chi connectivity index (χ0n) is 16.8. The first-order valence-electron chi connectivity index (χ1n) is 9.75. The molecule has 0 saturated heterocycles. The summed E-state index contributed by atoms with van der Waals surface area (Å²) in [4.78, 5) is 12.1. The molecule has 3 rings (SSSR count). The lowest BCUT2D eigenvalue weighted by Gasteiger charge is -2.12. The summed E-state index contributed by atoms with van der Waals surface area (Å²) in [7, 11) is 1.85. The fraction of sp³-hybridized carbons (Fsp3) is 0.304. The lowest BCUT2D eigenvalue weighted by atomic mass is 10.0. The average Bonchev–Trinajstić information content (AvgIpc) is 2.94. The molecule has 0 fully saturated rings. The Labute approximate surface area is 166 Å². The molecule has 1 heterocycles. The molecule has 0 bridgehead atoms. The molecule has 3 N–H and O–H groups in total. The second kappa shape index (κ2) is 8.74. The van der Waals surface area contributed by atoms with E-state index in [1.165, 1.54) is 11.1 Å². The fourth-order valence-electron chi connectivity index (χ4n) is 3.60. The lowest BCUT2D eigenvalue weighted by molar-refractivity contribution is 0.0994. The van der Waals surface area contributed by atoms with Crippen LogP contribution in [0.25, 0.3) is 17.3 Å². The second-order valence-electron chi connectivity index (χ2n) is 7.07. The zero-order chi connectivity index (χ0) is 20.1. The molecule has 0 unspecified atom stereocenters. The highest BCUT2D eigenvalue weighted by Crippen LogP contribution is 2.35. The molecule has 1 amide bonds. The molecule has 146 valence electrons. The third-order valence-corrected chi connectivity index (χ3v) is 5.02. The zero-order valence-corrected chi connectivity index (χ0v) is 16.8. The van der Waals surface area contributed by atoms with Gasteiger partial charge >= 0.3 is 0 Å². The van der Waals surface area contributed by atoms with Crippen molar-refractivity contribution in [2.75, 3.05) is 7.05 Å². The van der Waals surface area contributed by atoms with Crippen LogP contribution in [0.3, 0.4) is 0 Å². The van der Waals surface area contributed by atoms with Crippen molar-refractivity contribution in [1.82, 2.24) is 15.1 Å². The number of benzene rings is 1. The monoisotopic (exact) mass is 376 g/mol. The van der Waals surface area contributed by atoms with Gasteiger partial charge in [-0.3, -0.25) is 4.79 Å². The number of rotatable bonds is 5. The molecular weight excluding hydrogens is 348 g/mol. The van der Waals surface area contributed by atoms with E-state index in [9.17, 15) is 4.79 Å². The number of nitrogens with zero attached hydrogens (tertiary/aromatic N) is 2. The van der Waals surface area contributed by atoms with Crippen molar-refractivity contribution >= 4 is 23.3 Å². The van der Waals surface area contributed by atoms with Crippen LogP contribution in [0.5, 0.6) is 0 Å². The first kappa shape index (κ1) is 19.7. The summed E-state index contributed by atoms with van der Waals surface area (Å²) in [5.41, 5.74) is 12.5. The Balaban J connectivity index is 2.22. The van der Waals surface area contributed by atoms with E-state index in [0.717, 1.165) is 48.2 Å². The van der Waals surface area contributed by atoms with Gasteiger partial charge in [0, 0.05) is 12.6 Å². The fourth-order valence-corrected chi connectivity index (χ4v) is 3.60. The Morgan fingerprint density at radius 3 is 2.57 bits per heavy atom. The van der Waals surface area contributed by atoms with E-state index < -0.39 is 5.91 Å². The number of hydrogen-bond donors (Lipinski definition) is 2. The van der Waals surface area contributed by atoms with Gasteiger partial charge in [0.1, 0.15) is 0 Å². The topological polar surface area (TPSA) is 72.9 Å². The number of nitrogens with two attached hydrogens (primary N) is 1. The van der Waals surface area contributed by atoms with Gasteiger partial charge in [0.05, 0.1) is 11.4 Å². The number of primary amides is 1. The highest BCUT2D eigenvalue weighted by Gasteiger charge is 2.26. The van der Waals surface area contributed by atoms with Crippen LogP contribution in [-0.4, -0.2) is 22.7 Å². The molecule has 2 aromatic rings. The standard InChI is InChI=1S/C23H28N4O/c1-4-19(13-14-25-3)27-22-18(15-17-11-9-16(2)10-12-17)7-5-6-8-20(22)21(26-27)23(24)28/h4,9-15,25H,5-8H2,1-3H3,(H2,24,28)/b14-13-,18-15+,19-4+. The van der Waals surface area contributed by atoms with E-state index in [0.29, 0.717) is 5.69 Å². The van der Waals surface area contributed by atoms with Crippen LogP contribution in [0.4, 0.5) is 0 Å². The number of fused-ring (bicyclic) bond motifs is 1. The van der Waals surface area contributed by atoms with E-state index in [4.69, 9.17) is 5.73 Å². The number of allylic oxidation sites excluding steroid dienone is 4. The number of carbonyl (C=O) groups excluding carboxylic acids is 1. The Kier molecular flexibility index (Phi) is 6.14. The molecular formula is C23H28N4O. The van der Waals surface area contributed by atoms with Gasteiger partial charge in [-0.25, -0.2) is 4.68 Å². The summed E-state index contributed by atoms with van der Waals surface area (Å²) in [6.45, 7) is 4.05. The van der Waals surface area contributed by atoms with E-state index in [-0.39, 0.29) is 0 Å². The summed E-state index contributed by atoms with van der Waals surface area (Å²) in [6, 6.07) is 8.48. The number of aromatic nitrogens is 2. The van der Waals surface area contributed by atoms with Crippen molar-refractivity contribution in [3.05, 3.63) is 70.7 Å². The van der Waals surface area contributed by atoms with Crippen LogP contribution in [-0.2, 0) is 6.42 Å². The van der Waals surface area contributed by atoms with Gasteiger partial charge in [-0.2, -0.15) is 5.10 Å². The van der Waals surface area contributed by atoms with Gasteiger partial charge in [-0.05, 0) is 69.0 Å². The molecule has 0 aliphatic heterocycles. The summed E-state index contributed by atoms with van der Waals surface area (Å²) in [6.07, 6.45) is 11.8. The molecule has 1 aromatic carbocycles. The van der Waals surface area contributed by atoms with Crippen LogP contribution in [0.1, 0.15) is 59.1 Å². The van der Waals surface area contributed by atoms with Gasteiger partial charge in [0.15, 0.2) is 5.69 Å². The minimum Gasteiger partial charge on any atom is -0.394 e. The summed E-state index contributed by atoms with van der Waals surface area (Å²) >= 11 is 0. The van der Waals surface area contributed by atoms with E-state index >= 15 is 0 Å². The maximum atomic E-state index is 12.1. The largest absolute Gasteiger partial charge is 0.394 e. The molecule has 0 spiro atoms. The molecule has 1 aliphatic rings. The van der Waals surface area contributed by atoms with Gasteiger partial charge in [0.2, 0.25) is 0 Å². The van der Waals surface area contributed by atoms with Gasteiger partial charge < -0.3 is 11.1 Å². The first-order chi connectivity index (χ1) is 13.5. The van der Waals surface area contributed by atoms with E-state index in [1.807, 2.05) is 37.0 Å². The SMILES string of the molecule is C/C=C(\C=C/NC)n1nc(C(N)=O)c2c1/C(=C/c1ccc(C)cc1)CCCC2. The third-order valence-electron chi connectivity index (χ3n) is 5.02. The molecule has 0 atom stereocenters. The maximum Gasteiger partial charge on any atom is 0.269 e. The Bertz CT molecular complexity index is 946. The smallest absolute Gasteiger partial charge is 0.269 e. The quantitative estimate of drug-likeness (QED) is 0.608. The summed E-state index contributed by atoms with van der Waals surface area (Å²) in [5.74, 6) is -0.473. The van der Waals surface area contributed by atoms with Crippen LogP contribution in [0, 0.1) is 6.92 Å². The van der Waals surface area contributed by atoms with Crippen LogP contribution in [0.2, 0.25) is 0 Å². The summed E-state index contributed by atoms with van der Waals surface area (Å²) < 4.78 is 1.87. The van der Waals surface area contributed by atoms with Crippen LogP contribution >= 0.6 is 0 Å². The van der Waals surface area contributed by atoms with E-state index in [1.54, 1.807) is 0 Å². The average molecular weight is 377 g/mol. The molecule has 0 saturated carbocycles. The molecule has 1 aromatic heterocycles. The molecule has 1 aliphatic carbocycles. The van der Waals surface area contributed by atoms with Crippen LogP contribution < -0.4 is 11.1 Å². The number of hydrogen-bond acceptors (Lipinski definition) is 3. The van der Waals surface area contributed by atoms with Crippen molar-refractivity contribution in [2.24, 2.45) is 5.73 Å². The Hall–Kier alpha value is -3.08. The summed E-state index contributed by atoms with van der Waals surface area (Å²) in [5, 5.41) is 7.63. The number of amides is 1. The highest BCUT2D eigenvalue weighted by atomic mass is 16.1. The van der Waals surface area contributed by atoms with Gasteiger partial charge in [0.25, 0.3) is 5.91 Å². The van der Waals surface area contributed by atoms with Gasteiger partial charge in [-0.15, -0.1) is 0 Å². The maximum absolute atomic E-state index is 12.1. The Morgan fingerprint density at radius 2 is 1.93 bits per heavy atom. The Morgan fingerprint density at radius 1 is 1.21 bits per heavy atom. The molecule has 5 heteroatoms. The van der Waals surface area contributed by atoms with Crippen molar-refractivity contribution in [2.45, 2.75) is 39.5 Å². The number of carbonyl (C=O) groups is 1. The molecule has 0 radical (unpaired) electrons. The lowest BCUT2D eigenvalue weighted by Crippen LogP contribution is -2.14. The third kappa shape index (κ3) is 4.09. The predicted molar refractivity (Wildman–Crippen MR) is 115 cm³/mol. The van der Waals surface area contributed by atoms with Crippen LogP contribution in [0.15, 0.2) is 42.6 Å². The molecule has 28 heavy (non-hydrogen) atoms. The molecule has 5 nitrogen and oxygen atoms in total. The minimum absolute atomic E-state index is 0.379. The second-order valence-corrected chi connectivity index (χ2v) is 7.07. The van der Waals surface area contributed by atoms with E-state index in [2.05, 4.69) is 47.7 Å². The predicted octanol–water partition coefficient (Wildman–Crippen LogP) is 4.15. The number of nitrogens with one attached hydrogen (secondary N) is 1.